The standard InChI is InChI=1S/C20H32N2O2/c1-5-15-8-6-7-9-16(15)14-21-17-10-12-18(13-11-17)22-19(23)24-20(2,3)4/h6-9,17-18,21H,5,10-14H2,1-4H3,(H,22,23). The number of alkyl carbamates (subject to hydrolysis) is 1. The Morgan fingerprint density at radius 3 is 2.25 bits per heavy atom. The van der Waals surface area contributed by atoms with Crippen molar-refractivity contribution in [2.45, 2.75) is 84.0 Å². The largest absolute Gasteiger partial charge is 0.444 e. The number of amides is 1. The molecule has 1 aromatic carbocycles. The molecule has 0 heterocycles. The molecule has 4 heteroatoms. The first-order valence-corrected chi connectivity index (χ1v) is 9.17. The maximum atomic E-state index is 11.8. The summed E-state index contributed by atoms with van der Waals surface area (Å²) in [4.78, 5) is 11.8. The molecule has 0 saturated heterocycles. The van der Waals surface area contributed by atoms with Gasteiger partial charge in [0.05, 0.1) is 0 Å². The van der Waals surface area contributed by atoms with Gasteiger partial charge in [-0.25, -0.2) is 4.79 Å². The molecule has 1 saturated carbocycles. The maximum Gasteiger partial charge on any atom is 0.407 e. The Kier molecular flexibility index (Phi) is 6.67. The van der Waals surface area contributed by atoms with Crippen LogP contribution in [0.15, 0.2) is 24.3 Å². The van der Waals surface area contributed by atoms with Gasteiger partial charge in [0, 0.05) is 18.6 Å². The number of rotatable bonds is 5. The molecule has 24 heavy (non-hydrogen) atoms. The Morgan fingerprint density at radius 1 is 1.08 bits per heavy atom. The lowest BCUT2D eigenvalue weighted by Gasteiger charge is -2.30. The van der Waals surface area contributed by atoms with Crippen molar-refractivity contribution in [2.75, 3.05) is 0 Å². The lowest BCUT2D eigenvalue weighted by atomic mass is 9.91. The summed E-state index contributed by atoms with van der Waals surface area (Å²) in [7, 11) is 0. The van der Waals surface area contributed by atoms with Gasteiger partial charge in [0.15, 0.2) is 0 Å². The van der Waals surface area contributed by atoms with Crippen LogP contribution in [0.5, 0.6) is 0 Å². The van der Waals surface area contributed by atoms with Gasteiger partial charge in [0.25, 0.3) is 0 Å². The molecule has 0 aromatic heterocycles. The van der Waals surface area contributed by atoms with E-state index in [-0.39, 0.29) is 12.1 Å². The quantitative estimate of drug-likeness (QED) is 0.850. The van der Waals surface area contributed by atoms with E-state index in [1.54, 1.807) is 0 Å². The van der Waals surface area contributed by atoms with Crippen molar-refractivity contribution in [2.24, 2.45) is 0 Å². The molecule has 0 radical (unpaired) electrons. The van der Waals surface area contributed by atoms with Crippen LogP contribution in [0.1, 0.15) is 64.5 Å². The molecule has 2 rings (SSSR count). The summed E-state index contributed by atoms with van der Waals surface area (Å²) in [6.07, 6.45) is 4.97. The molecule has 1 amide bonds. The first-order chi connectivity index (χ1) is 11.4. The number of aryl methyl sites for hydroxylation is 1. The van der Waals surface area contributed by atoms with Gasteiger partial charge >= 0.3 is 6.09 Å². The molecule has 0 aliphatic heterocycles. The normalized spacial score (nSPS) is 21.3. The highest BCUT2D eigenvalue weighted by Gasteiger charge is 2.24. The minimum Gasteiger partial charge on any atom is -0.444 e. The number of carbonyl (C=O) groups excluding carboxylic acids is 1. The summed E-state index contributed by atoms with van der Waals surface area (Å²) in [5.74, 6) is 0. The molecule has 0 atom stereocenters. The molecule has 1 aliphatic rings. The Bertz CT molecular complexity index is 529. The third-order valence-electron chi connectivity index (χ3n) is 4.53. The van der Waals surface area contributed by atoms with Gasteiger partial charge in [0.1, 0.15) is 5.60 Å². The zero-order valence-electron chi connectivity index (χ0n) is 15.5. The SMILES string of the molecule is CCc1ccccc1CNC1CCC(NC(=O)OC(C)(C)C)CC1. The molecule has 1 fully saturated rings. The Morgan fingerprint density at radius 2 is 1.67 bits per heavy atom. The fraction of sp³-hybridized carbons (Fsp3) is 0.650. The highest BCUT2D eigenvalue weighted by Crippen LogP contribution is 2.20. The molecule has 134 valence electrons. The minimum absolute atomic E-state index is 0.237. The van der Waals surface area contributed by atoms with Gasteiger partial charge in [-0.2, -0.15) is 0 Å². The van der Waals surface area contributed by atoms with Crippen molar-refractivity contribution in [3.8, 4) is 0 Å². The summed E-state index contributed by atoms with van der Waals surface area (Å²) in [6.45, 7) is 8.80. The highest BCUT2D eigenvalue weighted by atomic mass is 16.6. The fourth-order valence-corrected chi connectivity index (χ4v) is 3.25. The number of carbonyl (C=O) groups is 1. The van der Waals surface area contributed by atoms with E-state index >= 15 is 0 Å². The zero-order chi connectivity index (χ0) is 17.6. The fourth-order valence-electron chi connectivity index (χ4n) is 3.25. The van der Waals surface area contributed by atoms with Crippen molar-refractivity contribution >= 4 is 6.09 Å². The van der Waals surface area contributed by atoms with Crippen LogP contribution in [0, 0.1) is 0 Å². The van der Waals surface area contributed by atoms with E-state index in [0.29, 0.717) is 6.04 Å². The van der Waals surface area contributed by atoms with Gasteiger partial charge in [-0.3, -0.25) is 0 Å². The summed E-state index contributed by atoms with van der Waals surface area (Å²) in [6, 6.07) is 9.40. The van der Waals surface area contributed by atoms with Crippen molar-refractivity contribution in [3.63, 3.8) is 0 Å². The second-order valence-electron chi connectivity index (χ2n) is 7.70. The Balaban J connectivity index is 1.72. The van der Waals surface area contributed by atoms with Crippen molar-refractivity contribution < 1.29 is 9.53 Å². The summed E-state index contributed by atoms with van der Waals surface area (Å²) >= 11 is 0. The lowest BCUT2D eigenvalue weighted by molar-refractivity contribution is 0.0489. The average Bonchev–Trinajstić information content (AvgIpc) is 2.52. The van der Waals surface area contributed by atoms with E-state index in [1.807, 2.05) is 20.8 Å². The van der Waals surface area contributed by atoms with Crippen LogP contribution in [-0.4, -0.2) is 23.8 Å². The van der Waals surface area contributed by atoms with Crippen LogP contribution in [0.4, 0.5) is 4.79 Å². The van der Waals surface area contributed by atoms with Gasteiger partial charge < -0.3 is 15.4 Å². The van der Waals surface area contributed by atoms with Crippen molar-refractivity contribution in [3.05, 3.63) is 35.4 Å². The number of hydrogen-bond acceptors (Lipinski definition) is 3. The van der Waals surface area contributed by atoms with Crippen LogP contribution >= 0.6 is 0 Å². The second kappa shape index (κ2) is 8.52. The van der Waals surface area contributed by atoms with Gasteiger partial charge in [-0.1, -0.05) is 31.2 Å². The molecule has 1 aliphatic carbocycles. The monoisotopic (exact) mass is 332 g/mol. The van der Waals surface area contributed by atoms with Gasteiger partial charge in [-0.15, -0.1) is 0 Å². The second-order valence-corrected chi connectivity index (χ2v) is 7.70. The summed E-state index contributed by atoms with van der Waals surface area (Å²) in [5.41, 5.74) is 2.38. The van der Waals surface area contributed by atoms with Gasteiger partial charge in [0.2, 0.25) is 0 Å². The van der Waals surface area contributed by atoms with Crippen LogP contribution in [0.3, 0.4) is 0 Å². The van der Waals surface area contributed by atoms with Gasteiger partial charge in [-0.05, 0) is 64.0 Å². The van der Waals surface area contributed by atoms with E-state index in [2.05, 4.69) is 41.8 Å². The van der Waals surface area contributed by atoms with Crippen LogP contribution in [-0.2, 0) is 17.7 Å². The smallest absolute Gasteiger partial charge is 0.407 e. The Labute approximate surface area is 146 Å². The first kappa shape index (κ1) is 18.8. The van der Waals surface area contributed by atoms with Crippen molar-refractivity contribution in [1.29, 1.82) is 0 Å². The Hall–Kier alpha value is -1.55. The molecule has 0 unspecified atom stereocenters. The lowest BCUT2D eigenvalue weighted by Crippen LogP contribution is -2.43. The van der Waals surface area contributed by atoms with E-state index in [1.165, 1.54) is 11.1 Å². The summed E-state index contributed by atoms with van der Waals surface area (Å²) < 4.78 is 5.33. The third kappa shape index (κ3) is 6.16. The number of hydrogen-bond donors (Lipinski definition) is 2. The molecule has 0 spiro atoms. The third-order valence-corrected chi connectivity index (χ3v) is 4.53. The molecule has 0 bridgehead atoms. The highest BCUT2D eigenvalue weighted by molar-refractivity contribution is 5.68. The first-order valence-electron chi connectivity index (χ1n) is 9.17. The molecule has 1 aromatic rings. The maximum absolute atomic E-state index is 11.8. The summed E-state index contributed by atoms with van der Waals surface area (Å²) in [5, 5.41) is 6.68. The van der Waals surface area contributed by atoms with Crippen LogP contribution in [0.25, 0.3) is 0 Å². The van der Waals surface area contributed by atoms with E-state index in [0.717, 1.165) is 38.6 Å². The topological polar surface area (TPSA) is 50.4 Å². The van der Waals surface area contributed by atoms with E-state index in [4.69, 9.17) is 4.74 Å². The predicted molar refractivity (Wildman–Crippen MR) is 98.1 cm³/mol. The number of benzene rings is 1. The van der Waals surface area contributed by atoms with E-state index < -0.39 is 5.60 Å². The molecular formula is C20H32N2O2. The van der Waals surface area contributed by atoms with Crippen LogP contribution < -0.4 is 10.6 Å². The molecular weight excluding hydrogens is 300 g/mol. The zero-order valence-corrected chi connectivity index (χ0v) is 15.5. The minimum atomic E-state index is -0.435. The predicted octanol–water partition coefficient (Wildman–Crippen LogP) is 4.17. The number of nitrogens with one attached hydrogen (secondary N) is 2. The molecule has 2 N–H and O–H groups in total. The van der Waals surface area contributed by atoms with E-state index in [9.17, 15) is 4.79 Å². The average molecular weight is 332 g/mol. The number of ether oxygens (including phenoxy) is 1. The van der Waals surface area contributed by atoms with Crippen LogP contribution in [0.2, 0.25) is 0 Å². The van der Waals surface area contributed by atoms with Crippen molar-refractivity contribution in [1.82, 2.24) is 10.6 Å². The molecule has 4 nitrogen and oxygen atoms in total.